The molecule has 2 aliphatic heterocycles. The topological polar surface area (TPSA) is 25.4 Å². The van der Waals surface area contributed by atoms with Crippen molar-refractivity contribution < 1.29 is 4.74 Å². The highest BCUT2D eigenvalue weighted by molar-refractivity contribution is 6.14. The fourth-order valence-corrected chi connectivity index (χ4v) is 3.91. The first kappa shape index (κ1) is 12.4. The molecule has 0 aromatic carbocycles. The summed E-state index contributed by atoms with van der Waals surface area (Å²) in [6.07, 6.45) is 6.09. The van der Waals surface area contributed by atoms with Crippen LogP contribution in [0.5, 0.6) is 0 Å². The van der Waals surface area contributed by atoms with Gasteiger partial charge in [-0.05, 0) is 56.0 Å². The lowest BCUT2D eigenvalue weighted by molar-refractivity contribution is -0.0731. The van der Waals surface area contributed by atoms with Gasteiger partial charge < -0.3 is 4.74 Å². The Morgan fingerprint density at radius 3 is 2.61 bits per heavy atom. The maximum Gasteiger partial charge on any atom is 0.113 e. The van der Waals surface area contributed by atoms with Crippen LogP contribution in [0.2, 0.25) is 0 Å². The van der Waals surface area contributed by atoms with Gasteiger partial charge >= 0.3 is 0 Å². The largest absolute Gasteiger partial charge is 0.372 e. The molecule has 0 radical (unpaired) electrons. The van der Waals surface area contributed by atoms with Gasteiger partial charge in [0, 0.05) is 25.4 Å². The number of rotatable bonds is 2. The Labute approximate surface area is 113 Å². The highest BCUT2D eigenvalue weighted by Gasteiger charge is 2.50. The molecule has 0 saturated carbocycles. The van der Waals surface area contributed by atoms with Crippen molar-refractivity contribution in [3.05, 3.63) is 29.6 Å². The predicted molar refractivity (Wildman–Crippen MR) is 71.4 cm³/mol. The first-order valence-electron chi connectivity index (χ1n) is 6.58. The number of pyridine rings is 1. The molecule has 0 amide bonds. The second-order valence-corrected chi connectivity index (χ2v) is 5.90. The van der Waals surface area contributed by atoms with Crippen LogP contribution in [-0.2, 0) is 10.3 Å². The number of aromatic nitrogens is 1. The zero-order chi connectivity index (χ0) is 12.8. The lowest BCUT2D eigenvalue weighted by Crippen LogP contribution is -2.47. The Morgan fingerprint density at radius 2 is 2.06 bits per heavy atom. The lowest BCUT2D eigenvalue weighted by Gasteiger charge is -2.43. The van der Waals surface area contributed by atoms with E-state index in [0.717, 1.165) is 18.5 Å². The van der Waals surface area contributed by atoms with E-state index in [2.05, 4.69) is 18.0 Å². The summed E-state index contributed by atoms with van der Waals surface area (Å²) in [6.45, 7) is 2.11. The van der Waals surface area contributed by atoms with Crippen molar-refractivity contribution in [2.24, 2.45) is 0 Å². The summed E-state index contributed by atoms with van der Waals surface area (Å²) in [5.41, 5.74) is 2.05. The molecule has 0 aliphatic carbocycles. The summed E-state index contributed by atoms with van der Waals surface area (Å²) in [5, 5.41) is 0. The van der Waals surface area contributed by atoms with E-state index in [1.54, 1.807) is 7.11 Å². The standard InChI is InChI=1S/C14H19ClN2O/c1-10-4-3-7-16-13(10)14(18-2)8-11-5-6-12(9-14)17(11)15/h3-4,7,11-12H,5-6,8-9H2,1-2H3. The number of nitrogens with zero attached hydrogens (tertiary/aromatic N) is 2. The average Bonchev–Trinajstić information content (AvgIpc) is 2.63. The summed E-state index contributed by atoms with van der Waals surface area (Å²) in [5.74, 6) is 0. The molecular weight excluding hydrogens is 248 g/mol. The number of fused-ring (bicyclic) bond motifs is 2. The van der Waals surface area contributed by atoms with E-state index in [1.807, 2.05) is 16.7 Å². The maximum atomic E-state index is 6.35. The molecule has 0 N–H and O–H groups in total. The van der Waals surface area contributed by atoms with Crippen molar-refractivity contribution >= 4 is 11.8 Å². The van der Waals surface area contributed by atoms with Gasteiger partial charge in [-0.25, -0.2) is 4.42 Å². The van der Waals surface area contributed by atoms with E-state index in [4.69, 9.17) is 16.5 Å². The summed E-state index contributed by atoms with van der Waals surface area (Å²) in [7, 11) is 1.80. The van der Waals surface area contributed by atoms with Crippen LogP contribution in [0.4, 0.5) is 0 Å². The first-order valence-corrected chi connectivity index (χ1v) is 6.91. The van der Waals surface area contributed by atoms with Gasteiger partial charge in [-0.1, -0.05) is 6.07 Å². The van der Waals surface area contributed by atoms with E-state index in [9.17, 15) is 0 Å². The summed E-state index contributed by atoms with van der Waals surface area (Å²) in [6, 6.07) is 4.93. The fraction of sp³-hybridized carbons (Fsp3) is 0.643. The highest BCUT2D eigenvalue weighted by Crippen LogP contribution is 2.48. The number of aryl methyl sites for hydroxylation is 1. The highest BCUT2D eigenvalue weighted by atomic mass is 35.5. The molecule has 0 spiro atoms. The van der Waals surface area contributed by atoms with Gasteiger partial charge in [0.05, 0.1) is 5.69 Å². The Bertz CT molecular complexity index is 437. The molecule has 2 fully saturated rings. The van der Waals surface area contributed by atoms with Crippen molar-refractivity contribution in [3.63, 3.8) is 0 Å². The number of halogens is 1. The van der Waals surface area contributed by atoms with E-state index in [0.29, 0.717) is 12.1 Å². The zero-order valence-electron chi connectivity index (χ0n) is 10.9. The van der Waals surface area contributed by atoms with Crippen LogP contribution < -0.4 is 0 Å². The molecular formula is C14H19ClN2O. The van der Waals surface area contributed by atoms with Crippen molar-refractivity contribution in [2.45, 2.75) is 50.3 Å². The lowest BCUT2D eigenvalue weighted by atomic mass is 9.82. The quantitative estimate of drug-likeness (QED) is 0.770. The minimum absolute atomic E-state index is 0.247. The maximum absolute atomic E-state index is 6.35. The molecule has 1 aromatic rings. The Morgan fingerprint density at radius 1 is 1.39 bits per heavy atom. The molecule has 1 aromatic heterocycles. The molecule has 2 atom stereocenters. The zero-order valence-corrected chi connectivity index (χ0v) is 11.7. The van der Waals surface area contributed by atoms with Crippen molar-refractivity contribution in [2.75, 3.05) is 7.11 Å². The normalized spacial score (nSPS) is 35.9. The van der Waals surface area contributed by atoms with Gasteiger partial charge in [-0.2, -0.15) is 0 Å². The minimum Gasteiger partial charge on any atom is -0.372 e. The number of methoxy groups -OCH3 is 1. The minimum atomic E-state index is -0.247. The molecule has 4 heteroatoms. The number of piperidine rings is 1. The summed E-state index contributed by atoms with van der Waals surface area (Å²) < 4.78 is 7.94. The summed E-state index contributed by atoms with van der Waals surface area (Å²) in [4.78, 5) is 4.58. The van der Waals surface area contributed by atoms with E-state index >= 15 is 0 Å². The van der Waals surface area contributed by atoms with Crippen LogP contribution in [0.1, 0.15) is 36.9 Å². The van der Waals surface area contributed by atoms with Crippen LogP contribution in [-0.4, -0.2) is 28.6 Å². The van der Waals surface area contributed by atoms with Gasteiger partial charge in [0.15, 0.2) is 0 Å². The Hall–Kier alpha value is -0.640. The van der Waals surface area contributed by atoms with E-state index < -0.39 is 0 Å². The molecule has 3 rings (SSSR count). The van der Waals surface area contributed by atoms with Gasteiger partial charge in [-0.15, -0.1) is 0 Å². The van der Waals surface area contributed by atoms with Gasteiger partial charge in [0.25, 0.3) is 0 Å². The summed E-state index contributed by atoms with van der Waals surface area (Å²) >= 11 is 6.35. The van der Waals surface area contributed by atoms with Crippen molar-refractivity contribution in [1.82, 2.24) is 9.40 Å². The number of hydrogen-bond acceptors (Lipinski definition) is 3. The Kier molecular flexibility index (Phi) is 3.08. The Balaban J connectivity index is 2.00. The van der Waals surface area contributed by atoms with Crippen LogP contribution in [0, 0.1) is 6.92 Å². The molecule has 18 heavy (non-hydrogen) atoms. The first-order chi connectivity index (χ1) is 8.66. The van der Waals surface area contributed by atoms with Gasteiger partial charge in [0.2, 0.25) is 0 Å². The fourth-order valence-electron chi connectivity index (χ4n) is 3.57. The second-order valence-electron chi connectivity index (χ2n) is 5.50. The monoisotopic (exact) mass is 266 g/mol. The third-order valence-electron chi connectivity index (χ3n) is 4.49. The number of hydrogen-bond donors (Lipinski definition) is 0. The molecule has 3 heterocycles. The number of ether oxygens (including phenoxy) is 1. The SMILES string of the molecule is COC1(c2ncccc2C)CC2CCC(C1)N2Cl. The van der Waals surface area contributed by atoms with Crippen molar-refractivity contribution in [3.8, 4) is 0 Å². The van der Waals surface area contributed by atoms with Crippen LogP contribution >= 0.6 is 11.8 Å². The molecule has 3 nitrogen and oxygen atoms in total. The van der Waals surface area contributed by atoms with E-state index in [-0.39, 0.29) is 5.60 Å². The molecule has 2 bridgehead atoms. The molecule has 98 valence electrons. The van der Waals surface area contributed by atoms with Gasteiger partial charge in [-0.3, -0.25) is 4.98 Å². The molecule has 2 saturated heterocycles. The second kappa shape index (κ2) is 4.48. The van der Waals surface area contributed by atoms with Crippen LogP contribution in [0.25, 0.3) is 0 Å². The van der Waals surface area contributed by atoms with Crippen LogP contribution in [0.3, 0.4) is 0 Å². The molecule has 2 unspecified atom stereocenters. The van der Waals surface area contributed by atoms with E-state index in [1.165, 1.54) is 18.4 Å². The van der Waals surface area contributed by atoms with Crippen LogP contribution in [0.15, 0.2) is 18.3 Å². The predicted octanol–water partition coefficient (Wildman–Crippen LogP) is 3.01. The third kappa shape index (κ3) is 1.77. The third-order valence-corrected chi connectivity index (χ3v) is 5.05. The molecule has 2 aliphatic rings. The average molecular weight is 267 g/mol. The van der Waals surface area contributed by atoms with Crippen molar-refractivity contribution in [1.29, 1.82) is 0 Å². The van der Waals surface area contributed by atoms with Gasteiger partial charge in [0.1, 0.15) is 5.60 Å². The smallest absolute Gasteiger partial charge is 0.113 e.